The van der Waals surface area contributed by atoms with Crippen molar-refractivity contribution < 1.29 is 14.3 Å². The van der Waals surface area contributed by atoms with Crippen molar-refractivity contribution in [3.05, 3.63) is 59.8 Å². The molecule has 160 valence electrons. The van der Waals surface area contributed by atoms with Crippen LogP contribution in [-0.4, -0.2) is 36.5 Å². The summed E-state index contributed by atoms with van der Waals surface area (Å²) >= 11 is 6.21. The van der Waals surface area contributed by atoms with Gasteiger partial charge in [0.25, 0.3) is 5.91 Å². The van der Waals surface area contributed by atoms with Crippen LogP contribution in [0.5, 0.6) is 5.75 Å². The zero-order valence-electron chi connectivity index (χ0n) is 16.9. The molecule has 1 aromatic heterocycles. The van der Waals surface area contributed by atoms with E-state index in [0.717, 1.165) is 11.1 Å². The van der Waals surface area contributed by atoms with Crippen molar-refractivity contribution in [2.24, 2.45) is 11.7 Å². The molecule has 4 rings (SSSR count). The normalized spacial score (nSPS) is 14.4. The summed E-state index contributed by atoms with van der Waals surface area (Å²) < 4.78 is 5.74. The van der Waals surface area contributed by atoms with Crippen LogP contribution in [0.4, 0.5) is 11.4 Å². The first-order chi connectivity index (χ1) is 15.0. The summed E-state index contributed by atoms with van der Waals surface area (Å²) in [6.45, 7) is 1.25. The number of ether oxygens (including phenoxy) is 1. The average Bonchev–Trinajstić information content (AvgIpc) is 2.79. The number of piperidine rings is 1. The first kappa shape index (κ1) is 20.9. The first-order valence-electron chi connectivity index (χ1n) is 10.1. The van der Waals surface area contributed by atoms with Gasteiger partial charge in [-0.2, -0.15) is 0 Å². The molecule has 0 unspecified atom stereocenters. The molecule has 3 N–H and O–H groups in total. The van der Waals surface area contributed by atoms with E-state index < -0.39 is 0 Å². The van der Waals surface area contributed by atoms with E-state index in [-0.39, 0.29) is 24.3 Å². The number of halogens is 1. The van der Waals surface area contributed by atoms with Gasteiger partial charge in [-0.25, -0.2) is 0 Å². The van der Waals surface area contributed by atoms with Crippen molar-refractivity contribution in [2.45, 2.75) is 12.8 Å². The van der Waals surface area contributed by atoms with Crippen LogP contribution in [-0.2, 0) is 9.59 Å². The second-order valence-electron chi connectivity index (χ2n) is 7.46. The number of rotatable bonds is 6. The molecule has 1 aliphatic heterocycles. The Labute approximate surface area is 185 Å². The minimum atomic E-state index is -0.279. The molecule has 0 radical (unpaired) electrons. The molecule has 7 nitrogen and oxygen atoms in total. The smallest absolute Gasteiger partial charge is 0.262 e. The number of nitrogens with two attached hydrogens (primary N) is 1. The van der Waals surface area contributed by atoms with Crippen LogP contribution in [0.3, 0.4) is 0 Å². The Kier molecular flexibility index (Phi) is 6.23. The van der Waals surface area contributed by atoms with E-state index in [9.17, 15) is 9.59 Å². The number of primary amides is 1. The molecule has 2 heterocycles. The highest BCUT2D eigenvalue weighted by atomic mass is 35.5. The van der Waals surface area contributed by atoms with Gasteiger partial charge in [0.1, 0.15) is 11.3 Å². The van der Waals surface area contributed by atoms with Gasteiger partial charge in [-0.15, -0.1) is 0 Å². The summed E-state index contributed by atoms with van der Waals surface area (Å²) in [5.74, 6) is -0.118. The third-order valence-electron chi connectivity index (χ3n) is 5.45. The molecule has 8 heteroatoms. The third-order valence-corrected chi connectivity index (χ3v) is 5.78. The van der Waals surface area contributed by atoms with Crippen LogP contribution in [0.25, 0.3) is 10.9 Å². The molecule has 31 heavy (non-hydrogen) atoms. The summed E-state index contributed by atoms with van der Waals surface area (Å²) in [4.78, 5) is 30.5. The Morgan fingerprint density at radius 1 is 1.13 bits per heavy atom. The lowest BCUT2D eigenvalue weighted by molar-refractivity contribution is -0.122. The Hall–Kier alpha value is -3.32. The predicted molar refractivity (Wildman–Crippen MR) is 121 cm³/mol. The molecule has 1 fully saturated rings. The van der Waals surface area contributed by atoms with Gasteiger partial charge < -0.3 is 20.7 Å². The number of carbonyl (C=O) groups is 2. The highest BCUT2D eigenvalue weighted by Gasteiger charge is 2.24. The number of pyridine rings is 1. The van der Waals surface area contributed by atoms with E-state index in [2.05, 4.69) is 15.2 Å². The monoisotopic (exact) mass is 438 g/mol. The maximum Gasteiger partial charge on any atom is 0.262 e. The number of anilines is 2. The average molecular weight is 439 g/mol. The molecule has 2 aromatic carbocycles. The number of aromatic nitrogens is 1. The zero-order valence-corrected chi connectivity index (χ0v) is 17.6. The SMILES string of the molecule is NC(=O)C1CCN(c2ccccc2NC(=O)COc2ccc(Cl)c3cccnc23)CC1. The fourth-order valence-corrected chi connectivity index (χ4v) is 4.03. The van der Waals surface area contributed by atoms with Gasteiger partial charge in [0.15, 0.2) is 6.61 Å². The number of hydrogen-bond donors (Lipinski definition) is 2. The Balaban J connectivity index is 1.42. The maximum absolute atomic E-state index is 12.6. The largest absolute Gasteiger partial charge is 0.481 e. The summed E-state index contributed by atoms with van der Waals surface area (Å²) in [6, 6.07) is 14.7. The fourth-order valence-electron chi connectivity index (χ4n) is 3.82. The molecule has 0 aliphatic carbocycles. The van der Waals surface area contributed by atoms with E-state index in [1.54, 1.807) is 24.4 Å². The predicted octanol–water partition coefficient (Wildman–Crippen LogP) is 3.61. The van der Waals surface area contributed by atoms with Crippen LogP contribution < -0.4 is 20.7 Å². The van der Waals surface area contributed by atoms with Crippen molar-refractivity contribution in [1.29, 1.82) is 0 Å². The van der Waals surface area contributed by atoms with Crippen LogP contribution in [0.2, 0.25) is 5.02 Å². The van der Waals surface area contributed by atoms with Crippen molar-refractivity contribution in [1.82, 2.24) is 4.98 Å². The number of carbonyl (C=O) groups excluding carboxylic acids is 2. The molecular weight excluding hydrogens is 416 g/mol. The van der Waals surface area contributed by atoms with E-state index in [1.807, 2.05) is 30.3 Å². The summed E-state index contributed by atoms with van der Waals surface area (Å²) in [6.07, 6.45) is 3.07. The zero-order chi connectivity index (χ0) is 21.8. The molecule has 2 amide bonds. The number of amides is 2. The Bertz CT molecular complexity index is 1110. The highest BCUT2D eigenvalue weighted by molar-refractivity contribution is 6.35. The summed E-state index contributed by atoms with van der Waals surface area (Å²) in [5.41, 5.74) is 7.66. The van der Waals surface area contributed by atoms with Gasteiger partial charge in [0.05, 0.1) is 16.4 Å². The first-order valence-corrected chi connectivity index (χ1v) is 10.5. The van der Waals surface area contributed by atoms with Crippen LogP contribution >= 0.6 is 11.6 Å². The Morgan fingerprint density at radius 2 is 1.90 bits per heavy atom. The van der Waals surface area contributed by atoms with Crippen LogP contribution in [0.1, 0.15) is 12.8 Å². The number of benzene rings is 2. The van der Waals surface area contributed by atoms with E-state index in [0.29, 0.717) is 47.9 Å². The van der Waals surface area contributed by atoms with Gasteiger partial charge in [-0.1, -0.05) is 23.7 Å². The second-order valence-corrected chi connectivity index (χ2v) is 7.87. The standard InChI is InChI=1S/C23H23ClN4O3/c24-17-7-8-20(22-16(17)4-3-11-26-22)31-14-21(29)27-18-5-1-2-6-19(18)28-12-9-15(10-13-28)23(25)30/h1-8,11,15H,9-10,12-14H2,(H2,25,30)(H,27,29). The molecule has 0 saturated carbocycles. The minimum absolute atomic E-state index is 0.0887. The molecule has 1 saturated heterocycles. The van der Waals surface area contributed by atoms with E-state index in [4.69, 9.17) is 22.1 Å². The molecule has 0 spiro atoms. The number of fused-ring (bicyclic) bond motifs is 1. The molecule has 0 atom stereocenters. The second kappa shape index (κ2) is 9.22. The number of hydrogen-bond acceptors (Lipinski definition) is 5. The lowest BCUT2D eigenvalue weighted by Crippen LogP contribution is -2.39. The summed E-state index contributed by atoms with van der Waals surface area (Å²) in [7, 11) is 0. The molecule has 0 bridgehead atoms. The van der Waals surface area contributed by atoms with E-state index in [1.165, 1.54) is 0 Å². The van der Waals surface area contributed by atoms with Crippen LogP contribution in [0, 0.1) is 5.92 Å². The van der Waals surface area contributed by atoms with Gasteiger partial charge in [-0.05, 0) is 49.2 Å². The molecular formula is C23H23ClN4O3. The lowest BCUT2D eigenvalue weighted by atomic mass is 9.96. The lowest BCUT2D eigenvalue weighted by Gasteiger charge is -2.33. The van der Waals surface area contributed by atoms with Crippen molar-refractivity contribution >= 4 is 45.7 Å². The summed E-state index contributed by atoms with van der Waals surface area (Å²) in [5, 5.41) is 4.28. The number of para-hydroxylation sites is 2. The quantitative estimate of drug-likeness (QED) is 0.612. The van der Waals surface area contributed by atoms with Gasteiger partial charge >= 0.3 is 0 Å². The van der Waals surface area contributed by atoms with Crippen molar-refractivity contribution in [3.8, 4) is 5.75 Å². The molecule has 1 aliphatic rings. The van der Waals surface area contributed by atoms with Gasteiger partial charge in [0, 0.05) is 30.6 Å². The van der Waals surface area contributed by atoms with Gasteiger partial charge in [-0.3, -0.25) is 14.6 Å². The topological polar surface area (TPSA) is 97.6 Å². The van der Waals surface area contributed by atoms with Gasteiger partial charge in [0.2, 0.25) is 5.91 Å². The van der Waals surface area contributed by atoms with Crippen molar-refractivity contribution in [3.63, 3.8) is 0 Å². The third kappa shape index (κ3) is 4.72. The maximum atomic E-state index is 12.6. The number of nitrogens with zero attached hydrogens (tertiary/aromatic N) is 2. The van der Waals surface area contributed by atoms with Crippen LogP contribution in [0.15, 0.2) is 54.7 Å². The fraction of sp³-hybridized carbons (Fsp3) is 0.261. The Morgan fingerprint density at radius 3 is 2.68 bits per heavy atom. The highest BCUT2D eigenvalue weighted by Crippen LogP contribution is 2.31. The van der Waals surface area contributed by atoms with E-state index >= 15 is 0 Å². The number of nitrogens with one attached hydrogen (secondary N) is 1. The van der Waals surface area contributed by atoms with Crippen molar-refractivity contribution in [2.75, 3.05) is 29.9 Å². The molecule has 3 aromatic rings. The minimum Gasteiger partial charge on any atom is -0.481 e.